The Hall–Kier alpha value is -1.63. The number of thioether (sulfide) groups is 1. The number of halogens is 3. The van der Waals surface area contributed by atoms with Crippen LogP contribution in [0.3, 0.4) is 0 Å². The first-order valence-corrected chi connectivity index (χ1v) is 5.32. The smallest absolute Gasteiger partial charge is 0.358 e. The molecule has 0 spiro atoms. The van der Waals surface area contributed by atoms with Crippen molar-refractivity contribution >= 4 is 34.8 Å². The van der Waals surface area contributed by atoms with Gasteiger partial charge in [-0.1, -0.05) is 12.1 Å². The summed E-state index contributed by atoms with van der Waals surface area (Å²) in [5.74, 6) is 0. The van der Waals surface area contributed by atoms with Crippen LogP contribution in [0, 0.1) is 0 Å². The van der Waals surface area contributed by atoms with Gasteiger partial charge in [0.15, 0.2) is 0 Å². The Morgan fingerprint density at radius 1 is 1.35 bits per heavy atom. The summed E-state index contributed by atoms with van der Waals surface area (Å²) in [5, 5.41) is 2.71. The third-order valence-corrected chi connectivity index (χ3v) is 2.88. The van der Waals surface area contributed by atoms with Gasteiger partial charge in [0, 0.05) is 16.5 Å². The molecule has 0 saturated heterocycles. The van der Waals surface area contributed by atoms with E-state index in [0.717, 1.165) is 0 Å². The van der Waals surface area contributed by atoms with E-state index in [1.165, 1.54) is 12.6 Å². The average molecular weight is 259 g/mol. The number of nitrogens with one attached hydrogen (secondary N) is 2. The number of alkyl halides is 3. The first-order valence-electron chi connectivity index (χ1n) is 4.50. The van der Waals surface area contributed by atoms with Gasteiger partial charge in [-0.2, -0.15) is 13.2 Å². The molecule has 1 amide bonds. The Kier molecular flexibility index (Phi) is 3.01. The molecule has 0 fully saturated rings. The molecule has 0 unspecified atom stereocenters. The molecule has 2 aromatic rings. The van der Waals surface area contributed by atoms with Gasteiger partial charge in [0.25, 0.3) is 0 Å². The molecule has 0 saturated carbocycles. The molecule has 7 heteroatoms. The van der Waals surface area contributed by atoms with Crippen LogP contribution in [0.5, 0.6) is 0 Å². The third-order valence-electron chi connectivity index (χ3n) is 2.09. The summed E-state index contributed by atoms with van der Waals surface area (Å²) in [4.78, 5) is 13.0. The van der Waals surface area contributed by atoms with Crippen LogP contribution in [0.25, 0.3) is 10.9 Å². The zero-order chi connectivity index (χ0) is 12.5. The van der Waals surface area contributed by atoms with Crippen LogP contribution in [0.1, 0.15) is 0 Å². The molecule has 1 aromatic heterocycles. The standard InChI is InChI=1S/C10H6F3N2OS/c11-10(12,13)17-8-4-14-9-6(8)2-1-3-7(9)15-5-16/h1-4,14H,(H,15,16). The number of carbonyl (C=O) groups excluding carboxylic acids is 1. The monoisotopic (exact) mass is 259 g/mol. The first kappa shape index (κ1) is 11.8. The molecule has 0 bridgehead atoms. The highest BCUT2D eigenvalue weighted by atomic mass is 32.2. The molecule has 0 aliphatic heterocycles. The molecule has 2 rings (SSSR count). The molecule has 2 N–H and O–H groups in total. The largest absolute Gasteiger partial charge is 0.446 e. The summed E-state index contributed by atoms with van der Waals surface area (Å²) in [7, 11) is 0. The highest BCUT2D eigenvalue weighted by Crippen LogP contribution is 2.41. The minimum absolute atomic E-state index is 0.0713. The van der Waals surface area contributed by atoms with E-state index in [2.05, 4.69) is 10.3 Å². The number of amides is 1. The van der Waals surface area contributed by atoms with Crippen LogP contribution in [0.15, 0.2) is 29.3 Å². The van der Waals surface area contributed by atoms with Gasteiger partial charge in [-0.15, -0.1) is 0 Å². The number of H-pyrrole nitrogens is 1. The van der Waals surface area contributed by atoms with Gasteiger partial charge in [-0.25, -0.2) is 0 Å². The van der Waals surface area contributed by atoms with Crippen LogP contribution in [0.4, 0.5) is 18.9 Å². The number of anilines is 1. The van der Waals surface area contributed by atoms with E-state index in [-0.39, 0.29) is 16.7 Å². The molecule has 1 aromatic carbocycles. The Labute approximate surface area is 98.4 Å². The summed E-state index contributed by atoms with van der Waals surface area (Å²) in [6.45, 7) is 0. The number of aromatic amines is 1. The van der Waals surface area contributed by atoms with Crippen molar-refractivity contribution in [2.45, 2.75) is 10.4 Å². The van der Waals surface area contributed by atoms with E-state index in [1.807, 2.05) is 0 Å². The molecular weight excluding hydrogens is 253 g/mol. The molecule has 89 valence electrons. The summed E-state index contributed by atoms with van der Waals surface area (Å²) in [6.07, 6.45) is 2.75. The molecular formula is C10H6F3N2OS. The summed E-state index contributed by atoms with van der Waals surface area (Å²) in [6, 6.07) is 4.69. The van der Waals surface area contributed by atoms with E-state index >= 15 is 0 Å². The first-order chi connectivity index (χ1) is 8.01. The normalized spacial score (nSPS) is 11.7. The van der Waals surface area contributed by atoms with Crippen LogP contribution >= 0.6 is 11.8 Å². The zero-order valence-electron chi connectivity index (χ0n) is 8.26. The van der Waals surface area contributed by atoms with E-state index in [1.54, 1.807) is 18.2 Å². The van der Waals surface area contributed by atoms with Gasteiger partial charge in [0.2, 0.25) is 0 Å². The minimum Gasteiger partial charge on any atom is -0.358 e. The minimum atomic E-state index is -4.34. The Balaban J connectivity index is 2.47. The molecule has 17 heavy (non-hydrogen) atoms. The fourth-order valence-electron chi connectivity index (χ4n) is 1.50. The maximum absolute atomic E-state index is 12.3. The maximum atomic E-state index is 12.3. The van der Waals surface area contributed by atoms with Gasteiger partial charge >= 0.3 is 11.9 Å². The second-order valence-corrected chi connectivity index (χ2v) is 4.26. The van der Waals surface area contributed by atoms with Crippen LogP contribution in [-0.4, -0.2) is 16.9 Å². The summed E-state index contributed by atoms with van der Waals surface area (Å²) in [5.41, 5.74) is -3.50. The van der Waals surface area contributed by atoms with Crippen molar-refractivity contribution < 1.29 is 18.0 Å². The lowest BCUT2D eigenvalue weighted by Gasteiger charge is -2.04. The number of aromatic nitrogens is 1. The number of fused-ring (bicyclic) bond motifs is 1. The topological polar surface area (TPSA) is 44.9 Å². The fourth-order valence-corrected chi connectivity index (χ4v) is 2.14. The number of para-hydroxylation sites is 1. The highest BCUT2D eigenvalue weighted by Gasteiger charge is 2.30. The summed E-state index contributed by atoms with van der Waals surface area (Å²) < 4.78 is 36.8. The third kappa shape index (κ3) is 2.55. The predicted molar refractivity (Wildman–Crippen MR) is 59.5 cm³/mol. The van der Waals surface area contributed by atoms with Gasteiger partial charge in [-0.3, -0.25) is 4.79 Å². The second-order valence-electron chi connectivity index (χ2n) is 3.16. The summed E-state index contributed by atoms with van der Waals surface area (Å²) >= 11 is -0.194. The van der Waals surface area contributed by atoms with Crippen molar-refractivity contribution in [1.82, 2.24) is 4.98 Å². The number of hydrogen-bond donors (Lipinski definition) is 2. The zero-order valence-corrected chi connectivity index (χ0v) is 9.08. The van der Waals surface area contributed by atoms with E-state index < -0.39 is 5.51 Å². The van der Waals surface area contributed by atoms with Gasteiger partial charge in [0.1, 0.15) is 0 Å². The second kappa shape index (κ2) is 4.33. The SMILES string of the molecule is O=[C]Nc1cccc2c(SC(F)(F)F)c[nH]c12. The Morgan fingerprint density at radius 3 is 2.76 bits per heavy atom. The molecule has 0 aliphatic carbocycles. The van der Waals surface area contributed by atoms with Crippen LogP contribution < -0.4 is 5.32 Å². The van der Waals surface area contributed by atoms with Crippen molar-refractivity contribution in [3.63, 3.8) is 0 Å². The number of rotatable bonds is 3. The van der Waals surface area contributed by atoms with Crippen molar-refractivity contribution in [1.29, 1.82) is 0 Å². The Bertz CT molecular complexity index is 550. The lowest BCUT2D eigenvalue weighted by molar-refractivity contribution is -0.0327. The molecule has 1 heterocycles. The molecule has 0 atom stereocenters. The molecule has 3 nitrogen and oxygen atoms in total. The van der Waals surface area contributed by atoms with Crippen LogP contribution in [-0.2, 0) is 4.79 Å². The van der Waals surface area contributed by atoms with Crippen molar-refractivity contribution in [2.75, 3.05) is 5.32 Å². The van der Waals surface area contributed by atoms with Gasteiger partial charge in [0.05, 0.1) is 11.2 Å². The van der Waals surface area contributed by atoms with Crippen molar-refractivity contribution in [2.24, 2.45) is 0 Å². The molecule has 1 radical (unpaired) electrons. The van der Waals surface area contributed by atoms with E-state index in [9.17, 15) is 18.0 Å². The van der Waals surface area contributed by atoms with Crippen molar-refractivity contribution in [3.8, 4) is 0 Å². The lowest BCUT2D eigenvalue weighted by atomic mass is 10.2. The number of benzene rings is 1. The van der Waals surface area contributed by atoms with Gasteiger partial charge < -0.3 is 10.3 Å². The van der Waals surface area contributed by atoms with Crippen molar-refractivity contribution in [3.05, 3.63) is 24.4 Å². The lowest BCUT2D eigenvalue weighted by Crippen LogP contribution is -1.98. The predicted octanol–water partition coefficient (Wildman–Crippen LogP) is 3.26. The quantitative estimate of drug-likeness (QED) is 0.656. The fraction of sp³-hybridized carbons (Fsp3) is 0.100. The van der Waals surface area contributed by atoms with E-state index in [0.29, 0.717) is 16.6 Å². The Morgan fingerprint density at radius 2 is 2.12 bits per heavy atom. The van der Waals surface area contributed by atoms with Gasteiger partial charge in [-0.05, 0) is 17.8 Å². The maximum Gasteiger partial charge on any atom is 0.446 e. The number of hydrogen-bond acceptors (Lipinski definition) is 2. The van der Waals surface area contributed by atoms with Crippen LogP contribution in [0.2, 0.25) is 0 Å². The average Bonchev–Trinajstić information content (AvgIpc) is 2.61. The van der Waals surface area contributed by atoms with E-state index in [4.69, 9.17) is 0 Å². The molecule has 0 aliphatic rings. The highest BCUT2D eigenvalue weighted by molar-refractivity contribution is 8.00.